The Bertz CT molecular complexity index is 1050. The summed E-state index contributed by atoms with van der Waals surface area (Å²) in [6.45, 7) is 1.93. The van der Waals surface area contributed by atoms with Crippen LogP contribution in [0.2, 0.25) is 5.02 Å². The van der Waals surface area contributed by atoms with Gasteiger partial charge in [0.1, 0.15) is 16.7 Å². The van der Waals surface area contributed by atoms with Crippen LogP contribution in [0.25, 0.3) is 10.9 Å². The standard InChI is InChI=1S/C19H18ClF2N3O/c1-3-12(10-8-14(21)16(20)15(22)9-10)18-13-6-7-25(11-4-5-11)19(26)17(13)23-24(18)2/h6-9,11-12H,3-5H2,1-2H3. The van der Waals surface area contributed by atoms with Crippen LogP contribution in [0.15, 0.2) is 29.2 Å². The summed E-state index contributed by atoms with van der Waals surface area (Å²) in [7, 11) is 1.75. The van der Waals surface area contributed by atoms with E-state index >= 15 is 0 Å². The van der Waals surface area contributed by atoms with E-state index < -0.39 is 16.7 Å². The third-order valence-electron chi connectivity index (χ3n) is 5.06. The number of pyridine rings is 1. The summed E-state index contributed by atoms with van der Waals surface area (Å²) >= 11 is 5.61. The molecule has 0 N–H and O–H groups in total. The summed E-state index contributed by atoms with van der Waals surface area (Å²) in [5.41, 5.74) is 1.52. The average molecular weight is 378 g/mol. The van der Waals surface area contributed by atoms with Gasteiger partial charge in [0, 0.05) is 30.6 Å². The third kappa shape index (κ3) is 2.63. The molecular weight excluding hydrogens is 360 g/mol. The molecule has 7 heteroatoms. The first-order chi connectivity index (χ1) is 12.4. The molecule has 2 heterocycles. The molecule has 136 valence electrons. The number of rotatable bonds is 4. The summed E-state index contributed by atoms with van der Waals surface area (Å²) < 4.78 is 31.3. The van der Waals surface area contributed by atoms with Crippen LogP contribution in [-0.4, -0.2) is 14.3 Å². The number of aromatic nitrogens is 3. The first-order valence-corrected chi connectivity index (χ1v) is 9.02. The lowest BCUT2D eigenvalue weighted by Gasteiger charge is -2.17. The van der Waals surface area contributed by atoms with Gasteiger partial charge in [-0.25, -0.2) is 8.78 Å². The van der Waals surface area contributed by atoms with E-state index in [1.807, 2.05) is 13.0 Å². The number of fused-ring (bicyclic) bond motifs is 1. The third-order valence-corrected chi connectivity index (χ3v) is 5.42. The molecule has 26 heavy (non-hydrogen) atoms. The Morgan fingerprint density at radius 3 is 2.54 bits per heavy atom. The van der Waals surface area contributed by atoms with Gasteiger partial charge in [-0.3, -0.25) is 9.48 Å². The van der Waals surface area contributed by atoms with Gasteiger partial charge in [0.25, 0.3) is 5.56 Å². The van der Waals surface area contributed by atoms with Crippen LogP contribution in [0.5, 0.6) is 0 Å². The Hall–Kier alpha value is -2.21. The second-order valence-electron chi connectivity index (χ2n) is 6.79. The maximum Gasteiger partial charge on any atom is 0.279 e. The van der Waals surface area contributed by atoms with Crippen molar-refractivity contribution in [1.29, 1.82) is 0 Å². The first-order valence-electron chi connectivity index (χ1n) is 8.64. The average Bonchev–Trinajstić information content (AvgIpc) is 3.38. The number of hydrogen-bond acceptors (Lipinski definition) is 2. The van der Waals surface area contributed by atoms with E-state index in [0.29, 0.717) is 17.5 Å². The molecule has 1 fully saturated rings. The smallest absolute Gasteiger partial charge is 0.279 e. The molecule has 1 aromatic carbocycles. The monoisotopic (exact) mass is 377 g/mol. The number of benzene rings is 1. The quantitative estimate of drug-likeness (QED) is 0.626. The van der Waals surface area contributed by atoms with E-state index in [4.69, 9.17) is 11.6 Å². The van der Waals surface area contributed by atoms with Crippen molar-refractivity contribution in [3.8, 4) is 0 Å². The Balaban J connectivity index is 1.90. The summed E-state index contributed by atoms with van der Waals surface area (Å²) in [5.74, 6) is -1.88. The SMILES string of the molecule is CCC(c1cc(F)c(Cl)c(F)c1)c1c2ccn(C3CC3)c(=O)c2nn1C. The van der Waals surface area contributed by atoms with Crippen LogP contribution in [0.3, 0.4) is 0 Å². The van der Waals surface area contributed by atoms with Crippen molar-refractivity contribution >= 4 is 22.5 Å². The highest BCUT2D eigenvalue weighted by Crippen LogP contribution is 2.36. The summed E-state index contributed by atoms with van der Waals surface area (Å²) in [6, 6.07) is 4.65. The van der Waals surface area contributed by atoms with Crippen LogP contribution in [0, 0.1) is 11.6 Å². The van der Waals surface area contributed by atoms with Crippen molar-refractivity contribution in [3.05, 3.63) is 62.7 Å². The maximum atomic E-state index is 14.0. The van der Waals surface area contributed by atoms with Gasteiger partial charge >= 0.3 is 0 Å². The minimum absolute atomic E-state index is 0.116. The van der Waals surface area contributed by atoms with Gasteiger partial charge in [-0.1, -0.05) is 18.5 Å². The molecule has 1 saturated carbocycles. The summed E-state index contributed by atoms with van der Waals surface area (Å²) in [6.07, 6.45) is 4.40. The van der Waals surface area contributed by atoms with E-state index in [-0.39, 0.29) is 17.5 Å². The fourth-order valence-electron chi connectivity index (χ4n) is 3.64. The fraction of sp³-hybridized carbons (Fsp3) is 0.368. The Labute approximate surface area is 154 Å². The molecule has 0 spiro atoms. The van der Waals surface area contributed by atoms with E-state index in [1.54, 1.807) is 22.5 Å². The van der Waals surface area contributed by atoms with Gasteiger partial charge in [-0.05, 0) is 43.0 Å². The molecule has 0 saturated heterocycles. The van der Waals surface area contributed by atoms with Crippen LogP contribution in [-0.2, 0) is 7.05 Å². The van der Waals surface area contributed by atoms with Crippen LogP contribution >= 0.6 is 11.6 Å². The molecule has 0 bridgehead atoms. The second-order valence-corrected chi connectivity index (χ2v) is 7.17. The minimum Gasteiger partial charge on any atom is -0.311 e. The number of nitrogens with zero attached hydrogens (tertiary/aromatic N) is 3. The van der Waals surface area contributed by atoms with Crippen molar-refractivity contribution < 1.29 is 8.78 Å². The zero-order valence-electron chi connectivity index (χ0n) is 14.5. The Kier molecular flexibility index (Phi) is 4.10. The lowest BCUT2D eigenvalue weighted by atomic mass is 9.91. The predicted octanol–water partition coefficient (Wildman–Crippen LogP) is 4.54. The lowest BCUT2D eigenvalue weighted by Crippen LogP contribution is -2.18. The van der Waals surface area contributed by atoms with Crippen molar-refractivity contribution in [1.82, 2.24) is 14.3 Å². The molecule has 4 nitrogen and oxygen atoms in total. The Morgan fingerprint density at radius 2 is 1.96 bits per heavy atom. The number of halogens is 3. The van der Waals surface area contributed by atoms with E-state index in [1.165, 1.54) is 12.1 Å². The van der Waals surface area contributed by atoms with Crippen molar-refractivity contribution in [2.75, 3.05) is 0 Å². The fourth-order valence-corrected chi connectivity index (χ4v) is 3.75. The molecule has 1 aliphatic rings. The van der Waals surface area contributed by atoms with Crippen LogP contribution < -0.4 is 5.56 Å². The molecule has 0 aliphatic heterocycles. The van der Waals surface area contributed by atoms with E-state index in [0.717, 1.165) is 23.9 Å². The van der Waals surface area contributed by atoms with Gasteiger partial charge in [0.2, 0.25) is 0 Å². The number of aryl methyl sites for hydroxylation is 1. The van der Waals surface area contributed by atoms with E-state index in [9.17, 15) is 13.6 Å². The molecule has 3 aromatic rings. The van der Waals surface area contributed by atoms with Crippen LogP contribution in [0.1, 0.15) is 49.4 Å². The van der Waals surface area contributed by atoms with Crippen molar-refractivity contribution in [2.24, 2.45) is 7.05 Å². The normalized spacial score (nSPS) is 15.6. The second kappa shape index (κ2) is 6.20. The molecule has 0 radical (unpaired) electrons. The maximum absolute atomic E-state index is 14.0. The highest BCUT2D eigenvalue weighted by molar-refractivity contribution is 6.30. The van der Waals surface area contributed by atoms with Crippen molar-refractivity contribution in [3.63, 3.8) is 0 Å². The molecule has 1 unspecified atom stereocenters. The van der Waals surface area contributed by atoms with Gasteiger partial charge in [-0.2, -0.15) is 5.10 Å². The van der Waals surface area contributed by atoms with Gasteiger partial charge in [-0.15, -0.1) is 0 Å². The topological polar surface area (TPSA) is 39.8 Å². The van der Waals surface area contributed by atoms with Crippen LogP contribution in [0.4, 0.5) is 8.78 Å². The summed E-state index contributed by atoms with van der Waals surface area (Å²) in [5, 5.41) is 4.62. The zero-order chi connectivity index (χ0) is 18.6. The Morgan fingerprint density at radius 1 is 1.31 bits per heavy atom. The molecule has 2 aromatic heterocycles. The molecule has 0 amide bonds. The highest BCUT2D eigenvalue weighted by atomic mass is 35.5. The molecule has 1 aliphatic carbocycles. The van der Waals surface area contributed by atoms with Gasteiger partial charge in [0.05, 0.1) is 5.69 Å². The predicted molar refractivity (Wildman–Crippen MR) is 96.7 cm³/mol. The number of hydrogen-bond donors (Lipinski definition) is 0. The summed E-state index contributed by atoms with van der Waals surface area (Å²) in [4.78, 5) is 12.7. The molecular formula is C19H18ClF2N3O. The van der Waals surface area contributed by atoms with Crippen molar-refractivity contribution in [2.45, 2.75) is 38.1 Å². The van der Waals surface area contributed by atoms with Gasteiger partial charge in [0.15, 0.2) is 5.52 Å². The molecule has 1 atom stereocenters. The van der Waals surface area contributed by atoms with Gasteiger partial charge < -0.3 is 4.57 Å². The molecule has 4 rings (SSSR count). The zero-order valence-corrected chi connectivity index (χ0v) is 15.2. The minimum atomic E-state index is -0.789. The van der Waals surface area contributed by atoms with E-state index in [2.05, 4.69) is 5.10 Å². The highest BCUT2D eigenvalue weighted by Gasteiger charge is 2.28. The first kappa shape index (κ1) is 17.2. The largest absolute Gasteiger partial charge is 0.311 e. The lowest BCUT2D eigenvalue weighted by molar-refractivity contribution is 0.572.